The number of aliphatic hydroxyl groups is 1. The lowest BCUT2D eigenvalue weighted by Gasteiger charge is -2.35. The average molecular weight is 279 g/mol. The number of likely N-dealkylation sites (tertiary alicyclic amines) is 1. The van der Waals surface area contributed by atoms with Crippen LogP contribution in [0.25, 0.3) is 0 Å². The lowest BCUT2D eigenvalue weighted by molar-refractivity contribution is -0.384. The molecule has 110 valence electrons. The van der Waals surface area contributed by atoms with Crippen LogP contribution in [-0.4, -0.2) is 40.7 Å². The predicted octanol–water partition coefficient (Wildman–Crippen LogP) is 1.98. The molecule has 1 fully saturated rings. The van der Waals surface area contributed by atoms with Gasteiger partial charge in [0, 0.05) is 32.7 Å². The van der Waals surface area contributed by atoms with Gasteiger partial charge in [-0.3, -0.25) is 15.0 Å². The number of hydrogen-bond donors (Lipinski definition) is 2. The monoisotopic (exact) mass is 279 g/mol. The minimum atomic E-state index is -0.571. The van der Waals surface area contributed by atoms with Crippen LogP contribution < -0.4 is 5.32 Å². The second kappa shape index (κ2) is 5.76. The first-order chi connectivity index (χ1) is 9.41. The molecule has 0 saturated carbocycles. The van der Waals surface area contributed by atoms with E-state index in [-0.39, 0.29) is 10.6 Å². The van der Waals surface area contributed by atoms with Gasteiger partial charge in [0.2, 0.25) is 0 Å². The third kappa shape index (κ3) is 3.46. The van der Waals surface area contributed by atoms with E-state index in [0.29, 0.717) is 12.2 Å². The molecule has 1 aliphatic heterocycles. The Morgan fingerprint density at radius 1 is 1.45 bits per heavy atom. The quantitative estimate of drug-likeness (QED) is 0.651. The average Bonchev–Trinajstić information content (AvgIpc) is 2.41. The zero-order valence-electron chi connectivity index (χ0n) is 11.9. The van der Waals surface area contributed by atoms with E-state index in [1.807, 2.05) is 13.0 Å². The standard InChI is InChI=1S/C14H21N3O3/c1-14(18)5-7-16(8-6-14)10-11-3-4-12(15-2)13(9-11)17(19)20/h3-4,9,15,18H,5-8,10H2,1-2H3. The second-order valence-electron chi connectivity index (χ2n) is 5.63. The van der Waals surface area contributed by atoms with Crippen molar-refractivity contribution in [1.29, 1.82) is 0 Å². The molecule has 0 bridgehead atoms. The summed E-state index contributed by atoms with van der Waals surface area (Å²) < 4.78 is 0. The van der Waals surface area contributed by atoms with E-state index in [9.17, 15) is 15.2 Å². The van der Waals surface area contributed by atoms with Crippen LogP contribution in [0.4, 0.5) is 11.4 Å². The third-order valence-corrected chi connectivity index (χ3v) is 3.87. The second-order valence-corrected chi connectivity index (χ2v) is 5.63. The highest BCUT2D eigenvalue weighted by Crippen LogP contribution is 2.27. The van der Waals surface area contributed by atoms with Gasteiger partial charge in [-0.1, -0.05) is 6.07 Å². The van der Waals surface area contributed by atoms with Crippen molar-refractivity contribution in [2.24, 2.45) is 0 Å². The fourth-order valence-corrected chi connectivity index (χ4v) is 2.49. The van der Waals surface area contributed by atoms with Gasteiger partial charge in [0.15, 0.2) is 0 Å². The molecule has 6 nitrogen and oxygen atoms in total. The van der Waals surface area contributed by atoms with Crippen LogP contribution in [0.1, 0.15) is 25.3 Å². The van der Waals surface area contributed by atoms with Crippen molar-refractivity contribution < 1.29 is 10.0 Å². The van der Waals surface area contributed by atoms with E-state index < -0.39 is 5.60 Å². The van der Waals surface area contributed by atoms with Crippen molar-refractivity contribution in [3.05, 3.63) is 33.9 Å². The van der Waals surface area contributed by atoms with Crippen LogP contribution in [0, 0.1) is 10.1 Å². The lowest BCUT2D eigenvalue weighted by atomic mass is 9.93. The topological polar surface area (TPSA) is 78.6 Å². The molecule has 0 aromatic heterocycles. The molecule has 20 heavy (non-hydrogen) atoms. The molecular formula is C14H21N3O3. The Kier molecular flexibility index (Phi) is 4.25. The van der Waals surface area contributed by atoms with Crippen molar-refractivity contribution >= 4 is 11.4 Å². The summed E-state index contributed by atoms with van der Waals surface area (Å²) in [4.78, 5) is 12.9. The molecule has 2 rings (SSSR count). The molecule has 2 N–H and O–H groups in total. The van der Waals surface area contributed by atoms with E-state index in [4.69, 9.17) is 0 Å². The Bertz CT molecular complexity index is 492. The van der Waals surface area contributed by atoms with Crippen LogP contribution in [0.3, 0.4) is 0 Å². The van der Waals surface area contributed by atoms with Crippen molar-refractivity contribution in [2.45, 2.75) is 31.9 Å². The van der Waals surface area contributed by atoms with E-state index in [2.05, 4.69) is 10.2 Å². The summed E-state index contributed by atoms with van der Waals surface area (Å²) in [6.45, 7) is 4.17. The first kappa shape index (κ1) is 14.7. The minimum absolute atomic E-state index is 0.106. The maximum absolute atomic E-state index is 11.0. The van der Waals surface area contributed by atoms with E-state index in [1.165, 1.54) is 0 Å². The van der Waals surface area contributed by atoms with Gasteiger partial charge in [-0.05, 0) is 31.4 Å². The zero-order chi connectivity index (χ0) is 14.8. The van der Waals surface area contributed by atoms with Crippen molar-refractivity contribution in [3.63, 3.8) is 0 Å². The van der Waals surface area contributed by atoms with Crippen molar-refractivity contribution in [2.75, 3.05) is 25.5 Å². The maximum atomic E-state index is 11.0. The fourth-order valence-electron chi connectivity index (χ4n) is 2.49. The summed E-state index contributed by atoms with van der Waals surface area (Å²) in [6.07, 6.45) is 1.48. The number of nitrogens with zero attached hydrogens (tertiary/aromatic N) is 2. The molecule has 6 heteroatoms. The highest BCUT2D eigenvalue weighted by molar-refractivity contribution is 5.62. The van der Waals surface area contributed by atoms with Crippen LogP contribution >= 0.6 is 0 Å². The highest BCUT2D eigenvalue weighted by atomic mass is 16.6. The molecule has 1 aromatic carbocycles. The number of piperidine rings is 1. The van der Waals surface area contributed by atoms with E-state index in [0.717, 1.165) is 31.5 Å². The normalized spacial score (nSPS) is 18.8. The molecule has 0 atom stereocenters. The largest absolute Gasteiger partial charge is 0.390 e. The number of hydrogen-bond acceptors (Lipinski definition) is 5. The van der Waals surface area contributed by atoms with Crippen LogP contribution in [0.2, 0.25) is 0 Å². The van der Waals surface area contributed by atoms with Gasteiger partial charge >= 0.3 is 0 Å². The molecule has 1 saturated heterocycles. The minimum Gasteiger partial charge on any atom is -0.390 e. The van der Waals surface area contributed by atoms with Gasteiger partial charge in [0.1, 0.15) is 5.69 Å². The zero-order valence-corrected chi connectivity index (χ0v) is 11.9. The van der Waals surface area contributed by atoms with Crippen molar-refractivity contribution in [1.82, 2.24) is 4.90 Å². The molecule has 0 unspecified atom stereocenters. The molecular weight excluding hydrogens is 258 g/mol. The fraction of sp³-hybridized carbons (Fsp3) is 0.571. The Labute approximate surface area is 118 Å². The predicted molar refractivity (Wildman–Crippen MR) is 77.8 cm³/mol. The maximum Gasteiger partial charge on any atom is 0.292 e. The summed E-state index contributed by atoms with van der Waals surface area (Å²) in [5.74, 6) is 0. The summed E-state index contributed by atoms with van der Waals surface area (Å²) in [7, 11) is 1.68. The molecule has 1 aliphatic rings. The van der Waals surface area contributed by atoms with Gasteiger partial charge in [0.05, 0.1) is 10.5 Å². The van der Waals surface area contributed by atoms with Gasteiger partial charge < -0.3 is 10.4 Å². The summed E-state index contributed by atoms with van der Waals surface area (Å²) in [5, 5.41) is 23.8. The first-order valence-corrected chi connectivity index (χ1v) is 6.81. The van der Waals surface area contributed by atoms with Gasteiger partial charge in [-0.2, -0.15) is 0 Å². The third-order valence-electron chi connectivity index (χ3n) is 3.87. The number of benzene rings is 1. The molecule has 0 radical (unpaired) electrons. The number of rotatable bonds is 4. The number of nitro benzene ring substituents is 1. The summed E-state index contributed by atoms with van der Waals surface area (Å²) >= 11 is 0. The summed E-state index contributed by atoms with van der Waals surface area (Å²) in [6, 6.07) is 5.28. The number of anilines is 1. The Morgan fingerprint density at radius 3 is 2.65 bits per heavy atom. The molecule has 0 aliphatic carbocycles. The SMILES string of the molecule is CNc1ccc(CN2CCC(C)(O)CC2)cc1[N+](=O)[O-]. The van der Waals surface area contributed by atoms with Crippen LogP contribution in [0.5, 0.6) is 0 Å². The Morgan fingerprint density at radius 2 is 2.10 bits per heavy atom. The first-order valence-electron chi connectivity index (χ1n) is 6.81. The molecule has 0 spiro atoms. The smallest absolute Gasteiger partial charge is 0.292 e. The van der Waals surface area contributed by atoms with Gasteiger partial charge in [-0.25, -0.2) is 0 Å². The lowest BCUT2D eigenvalue weighted by Crippen LogP contribution is -2.41. The number of nitro groups is 1. The molecule has 1 heterocycles. The van der Waals surface area contributed by atoms with Crippen LogP contribution in [0.15, 0.2) is 18.2 Å². The van der Waals surface area contributed by atoms with Gasteiger partial charge in [-0.15, -0.1) is 0 Å². The van der Waals surface area contributed by atoms with Crippen LogP contribution in [-0.2, 0) is 6.54 Å². The number of nitrogens with one attached hydrogen (secondary N) is 1. The summed E-state index contributed by atoms with van der Waals surface area (Å²) in [5.41, 5.74) is 0.991. The Hall–Kier alpha value is -1.66. The molecule has 1 aromatic rings. The van der Waals surface area contributed by atoms with E-state index in [1.54, 1.807) is 19.2 Å². The van der Waals surface area contributed by atoms with Gasteiger partial charge in [0.25, 0.3) is 5.69 Å². The molecule has 0 amide bonds. The highest BCUT2D eigenvalue weighted by Gasteiger charge is 2.27. The van der Waals surface area contributed by atoms with E-state index >= 15 is 0 Å². The Balaban J connectivity index is 2.07. The van der Waals surface area contributed by atoms with Crippen molar-refractivity contribution in [3.8, 4) is 0 Å².